The van der Waals surface area contributed by atoms with Crippen molar-refractivity contribution in [1.82, 2.24) is 5.16 Å². The van der Waals surface area contributed by atoms with Crippen molar-refractivity contribution in [3.63, 3.8) is 0 Å². The van der Waals surface area contributed by atoms with Gasteiger partial charge in [0.15, 0.2) is 11.5 Å². The molecule has 2 heterocycles. The third-order valence-electron chi connectivity index (χ3n) is 5.89. The molecule has 2 aromatic carbocycles. The van der Waals surface area contributed by atoms with Gasteiger partial charge in [-0.3, -0.25) is 14.9 Å². The molecule has 184 valence electrons. The number of hydrogen-bond donors (Lipinski definition) is 3. The zero-order valence-corrected chi connectivity index (χ0v) is 19.7. The monoisotopic (exact) mass is 487 g/mol. The summed E-state index contributed by atoms with van der Waals surface area (Å²) in [5.41, 5.74) is 2.83. The van der Waals surface area contributed by atoms with E-state index in [9.17, 15) is 24.8 Å². The molecule has 36 heavy (non-hydrogen) atoms. The minimum atomic E-state index is -1.31. The van der Waals surface area contributed by atoms with Crippen molar-refractivity contribution in [3.05, 3.63) is 59.3 Å². The second-order valence-corrected chi connectivity index (χ2v) is 8.57. The maximum atomic E-state index is 12.8. The van der Waals surface area contributed by atoms with E-state index >= 15 is 0 Å². The fourth-order valence-corrected chi connectivity index (χ4v) is 4.18. The molecule has 1 saturated heterocycles. The van der Waals surface area contributed by atoms with Gasteiger partial charge < -0.3 is 19.8 Å². The number of piperidine rings is 1. The number of amides is 2. The number of nitrogens with one attached hydrogen (secondary N) is 2. The van der Waals surface area contributed by atoms with Gasteiger partial charge >= 0.3 is 6.09 Å². The summed E-state index contributed by atoms with van der Waals surface area (Å²) in [6.07, 6.45) is 1.27. The van der Waals surface area contributed by atoms with Crippen LogP contribution >= 0.6 is 0 Å². The Kier molecular flexibility index (Phi) is 7.30. The van der Waals surface area contributed by atoms with E-state index in [4.69, 9.17) is 4.52 Å². The Bertz CT molecular complexity index is 1350. The van der Waals surface area contributed by atoms with Crippen molar-refractivity contribution in [2.45, 2.75) is 32.6 Å². The van der Waals surface area contributed by atoms with Crippen LogP contribution in [0.1, 0.15) is 47.3 Å². The second-order valence-electron chi connectivity index (χ2n) is 8.57. The number of carboxylic acid groups (broad SMARTS) is 1. The van der Waals surface area contributed by atoms with Crippen LogP contribution in [0.4, 0.5) is 21.9 Å². The van der Waals surface area contributed by atoms with E-state index in [1.165, 1.54) is 6.07 Å². The average Bonchev–Trinajstić information content (AvgIpc) is 3.31. The van der Waals surface area contributed by atoms with E-state index in [1.807, 2.05) is 4.90 Å². The predicted molar refractivity (Wildman–Crippen MR) is 133 cm³/mol. The lowest BCUT2D eigenvalue weighted by atomic mass is 10.0. The molecule has 1 fully saturated rings. The lowest BCUT2D eigenvalue weighted by Crippen LogP contribution is -2.30. The standard InChI is InChI=1S/C26H25N5O5/c1-16-10-24(36-30-16)18-7-5-6-17(11-18)23(32)14-25(33)28-20-12-19(15-27)22(13-21(20)29-26(34)35)31-8-3-2-4-9-31/h5-7,10-13,29H,2-4,8-9,14H2,1H3,(H,28,33)(H,34,35). The molecule has 0 unspecified atom stereocenters. The van der Waals surface area contributed by atoms with Crippen molar-refractivity contribution in [1.29, 1.82) is 5.26 Å². The molecule has 10 heteroatoms. The average molecular weight is 488 g/mol. The summed E-state index contributed by atoms with van der Waals surface area (Å²) in [6, 6.07) is 13.5. The smallest absolute Gasteiger partial charge is 0.409 e. The summed E-state index contributed by atoms with van der Waals surface area (Å²) in [7, 11) is 0. The lowest BCUT2D eigenvalue weighted by Gasteiger charge is -2.30. The van der Waals surface area contributed by atoms with E-state index in [-0.39, 0.29) is 11.4 Å². The molecule has 3 aromatic rings. The quantitative estimate of drug-likeness (QED) is 0.317. The number of carbonyl (C=O) groups is 3. The molecule has 0 atom stereocenters. The number of Topliss-reactive ketones (excluding diaryl/α,β-unsaturated/α-hetero) is 1. The number of rotatable bonds is 7. The molecule has 1 aliphatic heterocycles. The maximum absolute atomic E-state index is 12.8. The third kappa shape index (κ3) is 5.70. The van der Waals surface area contributed by atoms with Crippen LogP contribution in [0.3, 0.4) is 0 Å². The summed E-state index contributed by atoms with van der Waals surface area (Å²) in [6.45, 7) is 3.30. The first-order valence-electron chi connectivity index (χ1n) is 11.5. The van der Waals surface area contributed by atoms with Gasteiger partial charge in [-0.1, -0.05) is 23.4 Å². The molecular formula is C26H25N5O5. The molecule has 2 amide bonds. The number of ketones is 1. The lowest BCUT2D eigenvalue weighted by molar-refractivity contribution is -0.115. The SMILES string of the molecule is Cc1cc(-c2cccc(C(=O)CC(=O)Nc3cc(C#N)c(N4CCCCC4)cc3NC(=O)O)c2)on1. The Labute approximate surface area is 207 Å². The van der Waals surface area contributed by atoms with Crippen LogP contribution in [0.25, 0.3) is 11.3 Å². The number of carbonyl (C=O) groups excluding carboxylic acids is 2. The minimum Gasteiger partial charge on any atom is -0.465 e. The Balaban J connectivity index is 1.53. The van der Waals surface area contributed by atoms with Gasteiger partial charge in [0.2, 0.25) is 5.91 Å². The molecule has 4 rings (SSSR count). The molecule has 0 aliphatic carbocycles. The summed E-state index contributed by atoms with van der Waals surface area (Å²) < 4.78 is 5.24. The number of benzene rings is 2. The first-order valence-corrected chi connectivity index (χ1v) is 11.5. The van der Waals surface area contributed by atoms with Crippen molar-refractivity contribution in [2.75, 3.05) is 28.6 Å². The summed E-state index contributed by atoms with van der Waals surface area (Å²) >= 11 is 0. The van der Waals surface area contributed by atoms with E-state index in [1.54, 1.807) is 43.3 Å². The van der Waals surface area contributed by atoms with Gasteiger partial charge in [0.1, 0.15) is 6.07 Å². The Hall–Kier alpha value is -4.65. The molecule has 10 nitrogen and oxygen atoms in total. The van der Waals surface area contributed by atoms with Gasteiger partial charge in [0.05, 0.1) is 34.7 Å². The topological polar surface area (TPSA) is 149 Å². The highest BCUT2D eigenvalue weighted by Gasteiger charge is 2.21. The molecule has 0 radical (unpaired) electrons. The Morgan fingerprint density at radius 3 is 2.50 bits per heavy atom. The summed E-state index contributed by atoms with van der Waals surface area (Å²) in [5.74, 6) is -0.554. The van der Waals surface area contributed by atoms with Gasteiger partial charge in [-0.2, -0.15) is 5.26 Å². The normalized spacial score (nSPS) is 13.1. The zero-order valence-electron chi connectivity index (χ0n) is 19.7. The highest BCUT2D eigenvalue weighted by Crippen LogP contribution is 2.33. The van der Waals surface area contributed by atoms with E-state index in [0.29, 0.717) is 33.8 Å². The largest absolute Gasteiger partial charge is 0.465 e. The van der Waals surface area contributed by atoms with Gasteiger partial charge in [-0.25, -0.2) is 4.79 Å². The zero-order chi connectivity index (χ0) is 25.7. The molecule has 0 spiro atoms. The highest BCUT2D eigenvalue weighted by atomic mass is 16.5. The first kappa shape index (κ1) is 24.5. The van der Waals surface area contributed by atoms with E-state index < -0.39 is 24.2 Å². The molecule has 3 N–H and O–H groups in total. The predicted octanol–water partition coefficient (Wildman–Crippen LogP) is 4.81. The molecule has 1 aromatic heterocycles. The maximum Gasteiger partial charge on any atom is 0.409 e. The number of aromatic nitrogens is 1. The van der Waals surface area contributed by atoms with Crippen molar-refractivity contribution >= 4 is 34.8 Å². The van der Waals surface area contributed by atoms with E-state index in [0.717, 1.165) is 32.4 Å². The first-order chi connectivity index (χ1) is 17.3. The second kappa shape index (κ2) is 10.7. The number of nitriles is 1. The van der Waals surface area contributed by atoms with Gasteiger partial charge in [-0.05, 0) is 44.4 Å². The van der Waals surface area contributed by atoms with Crippen LogP contribution in [-0.4, -0.2) is 41.1 Å². The van der Waals surface area contributed by atoms with E-state index in [2.05, 4.69) is 21.9 Å². The Morgan fingerprint density at radius 1 is 1.08 bits per heavy atom. The minimum absolute atomic E-state index is 0.110. The fourth-order valence-electron chi connectivity index (χ4n) is 4.18. The van der Waals surface area contributed by atoms with Crippen LogP contribution in [0.15, 0.2) is 47.0 Å². The number of nitrogens with zero attached hydrogens (tertiary/aromatic N) is 3. The van der Waals surface area contributed by atoms with Crippen molar-refractivity contribution in [3.8, 4) is 17.4 Å². The summed E-state index contributed by atoms with van der Waals surface area (Å²) in [4.78, 5) is 39.0. The Morgan fingerprint density at radius 2 is 1.83 bits per heavy atom. The third-order valence-corrected chi connectivity index (χ3v) is 5.89. The van der Waals surface area contributed by atoms with Gasteiger partial charge in [-0.15, -0.1) is 0 Å². The van der Waals surface area contributed by atoms with Crippen LogP contribution in [0, 0.1) is 18.3 Å². The number of hydrogen-bond acceptors (Lipinski definition) is 7. The highest BCUT2D eigenvalue weighted by molar-refractivity contribution is 6.12. The molecule has 0 bridgehead atoms. The summed E-state index contributed by atoms with van der Waals surface area (Å²) in [5, 5.41) is 27.7. The molecule has 1 aliphatic rings. The van der Waals surface area contributed by atoms with Gasteiger partial charge in [0.25, 0.3) is 0 Å². The van der Waals surface area contributed by atoms with Crippen LogP contribution in [0.2, 0.25) is 0 Å². The molecular weight excluding hydrogens is 462 g/mol. The number of aryl methyl sites for hydroxylation is 1. The van der Waals surface area contributed by atoms with Crippen LogP contribution in [-0.2, 0) is 4.79 Å². The van der Waals surface area contributed by atoms with Crippen LogP contribution < -0.4 is 15.5 Å². The van der Waals surface area contributed by atoms with Crippen molar-refractivity contribution < 1.29 is 24.0 Å². The molecule has 0 saturated carbocycles. The van der Waals surface area contributed by atoms with Crippen molar-refractivity contribution in [2.24, 2.45) is 0 Å². The van der Waals surface area contributed by atoms with Gasteiger partial charge in [0, 0.05) is 30.3 Å². The van der Waals surface area contributed by atoms with Crippen LogP contribution in [0.5, 0.6) is 0 Å². The fraction of sp³-hybridized carbons (Fsp3) is 0.269. The number of anilines is 3.